The van der Waals surface area contributed by atoms with E-state index in [0.29, 0.717) is 17.3 Å². The molecular weight excluding hydrogens is 356 g/mol. The van der Waals surface area contributed by atoms with E-state index in [0.717, 1.165) is 10.2 Å². The highest BCUT2D eigenvalue weighted by Crippen LogP contribution is 2.21. The summed E-state index contributed by atoms with van der Waals surface area (Å²) in [5, 5.41) is 7.97. The predicted molar refractivity (Wildman–Crippen MR) is 94.9 cm³/mol. The molecule has 1 N–H and O–H groups in total. The highest BCUT2D eigenvalue weighted by Gasteiger charge is 2.21. The molecule has 4 rings (SSSR count). The van der Waals surface area contributed by atoms with Gasteiger partial charge in [-0.05, 0) is 35.9 Å². The van der Waals surface area contributed by atoms with Crippen LogP contribution >= 0.6 is 11.6 Å². The predicted octanol–water partition coefficient (Wildman–Crippen LogP) is 4.09. The first-order chi connectivity index (χ1) is 12.7. The van der Waals surface area contributed by atoms with E-state index in [9.17, 15) is 4.79 Å². The normalized spacial score (nSPS) is 10.8. The fourth-order valence-corrected chi connectivity index (χ4v) is 2.60. The van der Waals surface area contributed by atoms with Crippen LogP contribution in [0.2, 0.25) is 5.02 Å². The van der Waals surface area contributed by atoms with Crippen molar-refractivity contribution in [2.75, 3.05) is 5.32 Å². The molecule has 0 aliphatic rings. The molecule has 7 nitrogen and oxygen atoms in total. The summed E-state index contributed by atoms with van der Waals surface area (Å²) in [7, 11) is 0. The zero-order valence-electron chi connectivity index (χ0n) is 13.4. The van der Waals surface area contributed by atoms with Crippen LogP contribution in [0.1, 0.15) is 16.1 Å². The van der Waals surface area contributed by atoms with Gasteiger partial charge in [0.05, 0.1) is 12.5 Å². The molecular formula is C18H13ClN4O3. The molecule has 1 aromatic carbocycles. The lowest BCUT2D eigenvalue weighted by molar-refractivity contribution is 0.0919. The molecule has 0 unspecified atom stereocenters. The Hall–Kier alpha value is -3.32. The van der Waals surface area contributed by atoms with E-state index in [1.807, 2.05) is 18.2 Å². The first kappa shape index (κ1) is 16.2. The van der Waals surface area contributed by atoms with Crippen molar-refractivity contribution in [1.82, 2.24) is 14.8 Å². The Bertz CT molecular complexity index is 1020. The number of hydrogen-bond donors (Lipinski definition) is 1. The molecule has 0 amide bonds. The largest absolute Gasteiger partial charge is 0.461 e. The van der Waals surface area contributed by atoms with E-state index in [1.165, 1.54) is 12.5 Å². The second-order valence-electron chi connectivity index (χ2n) is 5.38. The van der Waals surface area contributed by atoms with Gasteiger partial charge in [0.25, 0.3) is 0 Å². The molecule has 0 radical (unpaired) electrons. The minimum atomic E-state index is -0.443. The van der Waals surface area contributed by atoms with Crippen molar-refractivity contribution in [2.24, 2.45) is 0 Å². The Morgan fingerprint density at radius 2 is 1.88 bits per heavy atom. The second kappa shape index (κ2) is 6.89. The third-order valence-electron chi connectivity index (χ3n) is 3.67. The van der Waals surface area contributed by atoms with Gasteiger partial charge in [-0.1, -0.05) is 29.8 Å². The molecule has 0 atom stereocenters. The smallest absolute Gasteiger partial charge is 0.317 e. The Labute approximate surface area is 153 Å². The monoisotopic (exact) mass is 368 g/mol. The van der Waals surface area contributed by atoms with Gasteiger partial charge in [0.2, 0.25) is 11.8 Å². The van der Waals surface area contributed by atoms with Crippen molar-refractivity contribution in [3.05, 3.63) is 77.4 Å². The minimum Gasteiger partial charge on any atom is -0.461 e. The number of aromatic nitrogens is 3. The summed E-state index contributed by atoms with van der Waals surface area (Å²) in [4.78, 5) is 17.0. The van der Waals surface area contributed by atoms with Crippen LogP contribution in [0.5, 0.6) is 0 Å². The first-order valence-electron chi connectivity index (χ1n) is 7.79. The zero-order valence-corrected chi connectivity index (χ0v) is 14.2. The SMILES string of the molecule is O=C(c1ccco1)n1nc(-c2ccco2)nc1NCc1ccccc1Cl. The highest BCUT2D eigenvalue weighted by atomic mass is 35.5. The summed E-state index contributed by atoms with van der Waals surface area (Å²) in [6.45, 7) is 0.376. The summed E-state index contributed by atoms with van der Waals surface area (Å²) < 4.78 is 11.6. The molecule has 0 aliphatic heterocycles. The van der Waals surface area contributed by atoms with Crippen LogP contribution in [0.3, 0.4) is 0 Å². The Morgan fingerprint density at radius 3 is 2.62 bits per heavy atom. The number of carbonyl (C=O) groups excluding carboxylic acids is 1. The number of rotatable bonds is 5. The number of benzene rings is 1. The average Bonchev–Trinajstić information content (AvgIpc) is 3.41. The maximum Gasteiger partial charge on any atom is 0.317 e. The van der Waals surface area contributed by atoms with E-state index in [1.54, 1.807) is 30.3 Å². The van der Waals surface area contributed by atoms with Crippen LogP contribution in [-0.2, 0) is 6.54 Å². The Morgan fingerprint density at radius 1 is 1.08 bits per heavy atom. The maximum absolute atomic E-state index is 12.7. The molecule has 4 aromatic rings. The van der Waals surface area contributed by atoms with Crippen molar-refractivity contribution in [2.45, 2.75) is 6.54 Å². The van der Waals surface area contributed by atoms with Gasteiger partial charge in [-0.25, -0.2) is 0 Å². The summed E-state index contributed by atoms with van der Waals surface area (Å²) in [6.07, 6.45) is 2.94. The number of carbonyl (C=O) groups is 1. The first-order valence-corrected chi connectivity index (χ1v) is 8.16. The maximum atomic E-state index is 12.7. The van der Waals surface area contributed by atoms with Gasteiger partial charge in [-0.3, -0.25) is 4.79 Å². The van der Waals surface area contributed by atoms with Crippen molar-refractivity contribution in [3.8, 4) is 11.6 Å². The van der Waals surface area contributed by atoms with Gasteiger partial charge in [0, 0.05) is 11.6 Å². The molecule has 3 heterocycles. The Kier molecular flexibility index (Phi) is 4.28. The van der Waals surface area contributed by atoms with E-state index >= 15 is 0 Å². The summed E-state index contributed by atoms with van der Waals surface area (Å²) in [5.74, 6) is 0.717. The standard InChI is InChI=1S/C18H13ClN4O3/c19-13-6-2-1-5-12(13)11-20-18-21-16(14-7-3-9-25-14)22-23(18)17(24)15-8-4-10-26-15/h1-10H,11H2,(H,20,21,22). The third kappa shape index (κ3) is 3.12. The Balaban J connectivity index is 1.67. The van der Waals surface area contributed by atoms with E-state index in [2.05, 4.69) is 15.4 Å². The van der Waals surface area contributed by atoms with Crippen molar-refractivity contribution in [3.63, 3.8) is 0 Å². The van der Waals surface area contributed by atoms with Crippen LogP contribution in [0.4, 0.5) is 5.95 Å². The van der Waals surface area contributed by atoms with E-state index in [4.69, 9.17) is 20.4 Å². The number of hydrogen-bond acceptors (Lipinski definition) is 6. The van der Waals surface area contributed by atoms with Gasteiger partial charge < -0.3 is 14.2 Å². The van der Waals surface area contributed by atoms with Crippen molar-refractivity contribution >= 4 is 23.5 Å². The molecule has 8 heteroatoms. The zero-order chi connectivity index (χ0) is 17.9. The van der Waals surface area contributed by atoms with Gasteiger partial charge in [-0.15, -0.1) is 5.10 Å². The van der Waals surface area contributed by atoms with Crippen LogP contribution in [0.25, 0.3) is 11.6 Å². The molecule has 0 aliphatic carbocycles. The van der Waals surface area contributed by atoms with Gasteiger partial charge in [0.1, 0.15) is 0 Å². The lowest BCUT2D eigenvalue weighted by Gasteiger charge is -2.07. The van der Waals surface area contributed by atoms with Gasteiger partial charge in [0.15, 0.2) is 11.5 Å². The number of anilines is 1. The summed E-state index contributed by atoms with van der Waals surface area (Å²) in [5.41, 5.74) is 0.869. The fraction of sp³-hybridized carbons (Fsp3) is 0.0556. The molecule has 0 saturated carbocycles. The molecule has 0 saturated heterocycles. The lowest BCUT2D eigenvalue weighted by atomic mass is 10.2. The van der Waals surface area contributed by atoms with Crippen LogP contribution in [0.15, 0.2) is 69.9 Å². The van der Waals surface area contributed by atoms with E-state index < -0.39 is 5.91 Å². The summed E-state index contributed by atoms with van der Waals surface area (Å²) in [6, 6.07) is 14.1. The van der Waals surface area contributed by atoms with Gasteiger partial charge >= 0.3 is 5.91 Å². The molecule has 26 heavy (non-hydrogen) atoms. The topological polar surface area (TPSA) is 86.1 Å². The number of halogens is 1. The number of nitrogens with one attached hydrogen (secondary N) is 1. The van der Waals surface area contributed by atoms with Crippen molar-refractivity contribution in [1.29, 1.82) is 0 Å². The quantitative estimate of drug-likeness (QED) is 0.571. The second-order valence-corrected chi connectivity index (χ2v) is 5.78. The summed E-state index contributed by atoms with van der Waals surface area (Å²) >= 11 is 6.18. The average molecular weight is 369 g/mol. The van der Waals surface area contributed by atoms with Crippen molar-refractivity contribution < 1.29 is 13.6 Å². The van der Waals surface area contributed by atoms with E-state index in [-0.39, 0.29) is 17.5 Å². The van der Waals surface area contributed by atoms with Gasteiger partial charge in [-0.2, -0.15) is 9.67 Å². The number of nitrogens with zero attached hydrogens (tertiary/aromatic N) is 3. The third-order valence-corrected chi connectivity index (χ3v) is 4.04. The molecule has 0 spiro atoms. The minimum absolute atomic E-state index is 0.154. The molecule has 3 aromatic heterocycles. The van der Waals surface area contributed by atoms with Crippen LogP contribution in [-0.4, -0.2) is 20.7 Å². The number of furan rings is 2. The fourth-order valence-electron chi connectivity index (χ4n) is 2.40. The van der Waals surface area contributed by atoms with Crippen LogP contribution in [0, 0.1) is 0 Å². The molecule has 0 bridgehead atoms. The molecule has 130 valence electrons. The molecule has 0 fully saturated rings. The van der Waals surface area contributed by atoms with Crippen LogP contribution < -0.4 is 5.32 Å². The lowest BCUT2D eigenvalue weighted by Crippen LogP contribution is -2.17. The highest BCUT2D eigenvalue weighted by molar-refractivity contribution is 6.31.